The van der Waals surface area contributed by atoms with Crippen molar-refractivity contribution in [3.05, 3.63) is 23.9 Å². The number of sulfone groups is 1. The molecule has 0 atom stereocenters. The summed E-state index contributed by atoms with van der Waals surface area (Å²) < 4.78 is 22.8. The first-order valence-corrected chi connectivity index (χ1v) is 9.04. The molecule has 1 aliphatic rings. The molecular weight excluding hydrogens is 290 g/mol. The van der Waals surface area contributed by atoms with Gasteiger partial charge in [-0.25, -0.2) is 13.4 Å². The third-order valence-electron chi connectivity index (χ3n) is 3.48. The fourth-order valence-corrected chi connectivity index (χ4v) is 3.76. The Kier molecular flexibility index (Phi) is 5.17. The Hall–Kier alpha value is -1.63. The Bertz CT molecular complexity index is 587. The number of hydrogen-bond acceptors (Lipinski definition) is 5. The van der Waals surface area contributed by atoms with Gasteiger partial charge in [0, 0.05) is 18.8 Å². The molecule has 1 amide bonds. The third-order valence-corrected chi connectivity index (χ3v) is 5.20. The van der Waals surface area contributed by atoms with Crippen molar-refractivity contribution in [2.45, 2.75) is 32.2 Å². The van der Waals surface area contributed by atoms with Gasteiger partial charge in [-0.3, -0.25) is 4.79 Å². The summed E-state index contributed by atoms with van der Waals surface area (Å²) in [5.41, 5.74) is 0.499. The molecule has 1 saturated heterocycles. The summed E-state index contributed by atoms with van der Waals surface area (Å²) >= 11 is 0. The van der Waals surface area contributed by atoms with Crippen LogP contribution in [0, 0.1) is 0 Å². The smallest absolute Gasteiger partial charge is 0.255 e. The zero-order valence-electron chi connectivity index (χ0n) is 12.1. The van der Waals surface area contributed by atoms with Gasteiger partial charge in [0.25, 0.3) is 5.91 Å². The molecule has 1 fully saturated rings. The van der Waals surface area contributed by atoms with Crippen molar-refractivity contribution in [3.63, 3.8) is 0 Å². The summed E-state index contributed by atoms with van der Waals surface area (Å²) in [5, 5.41) is 6.03. The number of pyridine rings is 1. The fraction of sp³-hybridized carbons (Fsp3) is 0.571. The van der Waals surface area contributed by atoms with Crippen LogP contribution in [0.1, 0.15) is 36.5 Å². The second-order valence-electron chi connectivity index (χ2n) is 5.23. The van der Waals surface area contributed by atoms with E-state index in [1.807, 2.05) is 6.92 Å². The average Bonchev–Trinajstić information content (AvgIpc) is 2.47. The van der Waals surface area contributed by atoms with Gasteiger partial charge in [-0.2, -0.15) is 0 Å². The van der Waals surface area contributed by atoms with Crippen molar-refractivity contribution >= 4 is 21.6 Å². The summed E-state index contributed by atoms with van der Waals surface area (Å²) in [6.07, 6.45) is 3.54. The number of carbonyl (C=O) groups is 1. The number of nitrogens with zero attached hydrogens (tertiary/aromatic N) is 1. The van der Waals surface area contributed by atoms with Crippen molar-refractivity contribution in [2.24, 2.45) is 0 Å². The second kappa shape index (κ2) is 6.89. The molecule has 0 spiro atoms. The molecule has 2 N–H and O–H groups in total. The molecule has 0 saturated carbocycles. The predicted octanol–water partition coefficient (Wildman–Crippen LogP) is 1.21. The van der Waals surface area contributed by atoms with Gasteiger partial charge < -0.3 is 10.6 Å². The van der Waals surface area contributed by atoms with E-state index >= 15 is 0 Å². The van der Waals surface area contributed by atoms with Crippen LogP contribution in [0.3, 0.4) is 0 Å². The van der Waals surface area contributed by atoms with Gasteiger partial charge in [-0.15, -0.1) is 0 Å². The summed E-state index contributed by atoms with van der Waals surface area (Å²) in [4.78, 5) is 16.5. The number of hydrogen-bond donors (Lipinski definition) is 2. The minimum Gasteiger partial charge on any atom is -0.369 e. The highest BCUT2D eigenvalue weighted by atomic mass is 32.2. The molecule has 0 bridgehead atoms. The van der Waals surface area contributed by atoms with Crippen LogP contribution in [-0.2, 0) is 9.84 Å². The molecule has 1 aromatic rings. The summed E-state index contributed by atoms with van der Waals surface area (Å²) in [6, 6.07) is 3.36. The Morgan fingerprint density at radius 2 is 2.10 bits per heavy atom. The van der Waals surface area contributed by atoms with Gasteiger partial charge in [0.2, 0.25) is 0 Å². The molecular formula is C14H21N3O3S. The first kappa shape index (κ1) is 15.8. The summed E-state index contributed by atoms with van der Waals surface area (Å²) in [6.45, 7) is 2.79. The summed E-state index contributed by atoms with van der Waals surface area (Å²) in [5.74, 6) is 0.656. The topological polar surface area (TPSA) is 88.2 Å². The molecule has 1 aliphatic heterocycles. The lowest BCUT2D eigenvalue weighted by Crippen LogP contribution is -2.41. The Balaban J connectivity index is 2.00. The molecule has 2 heterocycles. The summed E-state index contributed by atoms with van der Waals surface area (Å²) in [7, 11) is -2.91. The quantitative estimate of drug-likeness (QED) is 0.853. The van der Waals surface area contributed by atoms with Crippen LogP contribution in [0.4, 0.5) is 5.82 Å². The van der Waals surface area contributed by atoms with E-state index in [1.54, 1.807) is 18.3 Å². The van der Waals surface area contributed by atoms with Gasteiger partial charge in [0.1, 0.15) is 15.7 Å². The lowest BCUT2D eigenvalue weighted by atomic mass is 10.1. The number of carbonyl (C=O) groups excluding carboxylic acids is 1. The van der Waals surface area contributed by atoms with E-state index < -0.39 is 9.84 Å². The van der Waals surface area contributed by atoms with Gasteiger partial charge in [-0.1, -0.05) is 6.92 Å². The van der Waals surface area contributed by atoms with Crippen LogP contribution < -0.4 is 10.6 Å². The molecule has 0 aromatic carbocycles. The van der Waals surface area contributed by atoms with Crippen LogP contribution in [0.15, 0.2) is 18.3 Å². The largest absolute Gasteiger partial charge is 0.369 e. The van der Waals surface area contributed by atoms with E-state index in [0.29, 0.717) is 24.2 Å². The molecule has 6 nitrogen and oxygen atoms in total. The van der Waals surface area contributed by atoms with Gasteiger partial charge in [-0.05, 0) is 31.4 Å². The predicted molar refractivity (Wildman–Crippen MR) is 82.2 cm³/mol. The SMILES string of the molecule is CCCNc1ncccc1C(=O)NC1CCS(=O)(=O)CC1. The monoisotopic (exact) mass is 311 g/mol. The van der Waals surface area contributed by atoms with E-state index in [0.717, 1.165) is 13.0 Å². The minimum absolute atomic E-state index is 0.0831. The average molecular weight is 311 g/mol. The highest BCUT2D eigenvalue weighted by Gasteiger charge is 2.25. The maximum atomic E-state index is 12.3. The molecule has 0 aliphatic carbocycles. The van der Waals surface area contributed by atoms with Crippen LogP contribution in [0.5, 0.6) is 0 Å². The van der Waals surface area contributed by atoms with E-state index in [4.69, 9.17) is 0 Å². The van der Waals surface area contributed by atoms with E-state index in [2.05, 4.69) is 15.6 Å². The maximum Gasteiger partial charge on any atom is 0.255 e. The van der Waals surface area contributed by atoms with Crippen molar-refractivity contribution in [1.29, 1.82) is 0 Å². The number of nitrogens with one attached hydrogen (secondary N) is 2. The van der Waals surface area contributed by atoms with Crippen LogP contribution in [0.2, 0.25) is 0 Å². The third kappa shape index (κ3) is 4.42. The number of aromatic nitrogens is 1. The number of anilines is 1. The maximum absolute atomic E-state index is 12.3. The second-order valence-corrected chi connectivity index (χ2v) is 7.53. The van der Waals surface area contributed by atoms with Gasteiger partial charge >= 0.3 is 0 Å². The molecule has 0 unspecified atom stereocenters. The van der Waals surface area contributed by atoms with Gasteiger partial charge in [0.05, 0.1) is 17.1 Å². The molecule has 7 heteroatoms. The zero-order valence-corrected chi connectivity index (χ0v) is 12.9. The van der Waals surface area contributed by atoms with E-state index in [-0.39, 0.29) is 23.5 Å². The van der Waals surface area contributed by atoms with E-state index in [1.165, 1.54) is 0 Å². The Morgan fingerprint density at radius 1 is 1.38 bits per heavy atom. The highest BCUT2D eigenvalue weighted by Crippen LogP contribution is 2.15. The molecule has 116 valence electrons. The molecule has 0 radical (unpaired) electrons. The first-order chi connectivity index (χ1) is 10.0. The van der Waals surface area contributed by atoms with Crippen molar-refractivity contribution in [3.8, 4) is 0 Å². The molecule has 1 aromatic heterocycles. The van der Waals surface area contributed by atoms with Crippen molar-refractivity contribution in [2.75, 3.05) is 23.4 Å². The fourth-order valence-electron chi connectivity index (χ4n) is 2.27. The Morgan fingerprint density at radius 3 is 2.76 bits per heavy atom. The lowest BCUT2D eigenvalue weighted by molar-refractivity contribution is 0.0935. The van der Waals surface area contributed by atoms with Crippen LogP contribution in [-0.4, -0.2) is 43.4 Å². The number of amides is 1. The molecule has 21 heavy (non-hydrogen) atoms. The minimum atomic E-state index is -2.91. The van der Waals surface area contributed by atoms with Gasteiger partial charge in [0.15, 0.2) is 0 Å². The van der Waals surface area contributed by atoms with Crippen molar-refractivity contribution < 1.29 is 13.2 Å². The van der Waals surface area contributed by atoms with E-state index in [9.17, 15) is 13.2 Å². The number of rotatable bonds is 5. The zero-order chi connectivity index (χ0) is 15.3. The first-order valence-electron chi connectivity index (χ1n) is 7.22. The van der Waals surface area contributed by atoms with Crippen LogP contribution in [0.25, 0.3) is 0 Å². The Labute approximate surface area is 125 Å². The normalized spacial score (nSPS) is 18.1. The lowest BCUT2D eigenvalue weighted by Gasteiger charge is -2.23. The molecule has 2 rings (SSSR count). The standard InChI is InChI=1S/C14H21N3O3S/c1-2-7-15-13-12(4-3-8-16-13)14(18)17-11-5-9-21(19,20)10-6-11/h3-4,8,11H,2,5-7,9-10H2,1H3,(H,15,16)(H,17,18). The van der Waals surface area contributed by atoms with Crippen LogP contribution >= 0.6 is 0 Å². The highest BCUT2D eigenvalue weighted by molar-refractivity contribution is 7.91. The van der Waals surface area contributed by atoms with Crippen molar-refractivity contribution in [1.82, 2.24) is 10.3 Å².